The number of aryl methyl sites for hydroxylation is 1. The summed E-state index contributed by atoms with van der Waals surface area (Å²) in [6.07, 6.45) is 2.98. The Labute approximate surface area is 119 Å². The second-order valence-corrected chi connectivity index (χ2v) is 5.57. The van der Waals surface area contributed by atoms with Crippen molar-refractivity contribution in [3.63, 3.8) is 0 Å². The number of aromatic nitrogens is 1. The first-order chi connectivity index (χ1) is 9.72. The summed E-state index contributed by atoms with van der Waals surface area (Å²) in [6.45, 7) is 5.10. The summed E-state index contributed by atoms with van der Waals surface area (Å²) >= 11 is 0. The Balaban J connectivity index is 1.68. The fourth-order valence-electron chi connectivity index (χ4n) is 2.61. The van der Waals surface area contributed by atoms with Gasteiger partial charge in [-0.1, -0.05) is 17.7 Å². The Hall–Kier alpha value is -1.65. The molecule has 0 radical (unpaired) electrons. The van der Waals surface area contributed by atoms with Gasteiger partial charge in [-0.2, -0.15) is 0 Å². The van der Waals surface area contributed by atoms with Gasteiger partial charge in [0.2, 0.25) is 5.89 Å². The summed E-state index contributed by atoms with van der Waals surface area (Å²) in [4.78, 5) is 6.94. The lowest BCUT2D eigenvalue weighted by atomic mass is 10.1. The highest BCUT2D eigenvalue weighted by molar-refractivity contribution is 5.53. The third kappa shape index (κ3) is 2.92. The predicted octanol–water partition coefficient (Wildman–Crippen LogP) is 2.44. The van der Waals surface area contributed by atoms with Crippen LogP contribution in [0.4, 0.5) is 0 Å². The van der Waals surface area contributed by atoms with E-state index in [9.17, 15) is 0 Å². The van der Waals surface area contributed by atoms with Gasteiger partial charge in [0.25, 0.3) is 0 Å². The van der Waals surface area contributed by atoms with Crippen LogP contribution in [-0.2, 0) is 6.54 Å². The lowest BCUT2D eigenvalue weighted by Gasteiger charge is -2.21. The summed E-state index contributed by atoms with van der Waals surface area (Å²) in [5.41, 5.74) is 3.27. The smallest absolute Gasteiger partial charge is 0.226 e. The van der Waals surface area contributed by atoms with Crippen LogP contribution < -0.4 is 5.32 Å². The van der Waals surface area contributed by atoms with Crippen molar-refractivity contribution in [1.29, 1.82) is 0 Å². The quantitative estimate of drug-likeness (QED) is 0.927. The summed E-state index contributed by atoms with van der Waals surface area (Å²) < 4.78 is 5.60. The molecule has 2 heterocycles. The molecule has 0 bridgehead atoms. The molecule has 1 unspecified atom stereocenters. The lowest BCUT2D eigenvalue weighted by molar-refractivity contribution is 0.246. The van der Waals surface area contributed by atoms with Crippen molar-refractivity contribution in [3.8, 4) is 11.5 Å². The van der Waals surface area contributed by atoms with Crippen LogP contribution in [0.5, 0.6) is 0 Å². The maximum absolute atomic E-state index is 5.60. The molecule has 1 fully saturated rings. The van der Waals surface area contributed by atoms with E-state index in [-0.39, 0.29) is 0 Å². The van der Waals surface area contributed by atoms with Crippen LogP contribution in [-0.4, -0.2) is 36.1 Å². The van der Waals surface area contributed by atoms with Gasteiger partial charge >= 0.3 is 0 Å². The maximum atomic E-state index is 5.60. The molecular formula is C16H21N3O. The van der Waals surface area contributed by atoms with Crippen LogP contribution >= 0.6 is 0 Å². The van der Waals surface area contributed by atoms with Crippen LogP contribution in [0, 0.1) is 6.92 Å². The number of hydrogen-bond acceptors (Lipinski definition) is 4. The number of likely N-dealkylation sites (N-methyl/N-ethyl adjacent to an activating group) is 1. The van der Waals surface area contributed by atoms with Gasteiger partial charge in [-0.25, -0.2) is 4.98 Å². The molecule has 106 valence electrons. The number of hydrogen-bond donors (Lipinski definition) is 1. The molecule has 3 rings (SSSR count). The average Bonchev–Trinajstić information content (AvgIpc) is 3.10. The normalized spacial score (nSPS) is 18.9. The second kappa shape index (κ2) is 5.77. The fraction of sp³-hybridized carbons (Fsp3) is 0.438. The molecule has 0 aliphatic carbocycles. The van der Waals surface area contributed by atoms with Crippen molar-refractivity contribution in [2.45, 2.75) is 25.9 Å². The molecule has 4 nitrogen and oxygen atoms in total. The van der Waals surface area contributed by atoms with Crippen LogP contribution in [0.2, 0.25) is 0 Å². The molecule has 2 aromatic rings. The predicted molar refractivity (Wildman–Crippen MR) is 79.4 cm³/mol. The Bertz CT molecular complexity index is 555. The Morgan fingerprint density at radius 1 is 1.35 bits per heavy atom. The third-order valence-corrected chi connectivity index (χ3v) is 3.92. The van der Waals surface area contributed by atoms with Crippen molar-refractivity contribution in [1.82, 2.24) is 15.2 Å². The molecule has 4 heteroatoms. The van der Waals surface area contributed by atoms with E-state index in [0.29, 0.717) is 11.9 Å². The number of oxazole rings is 1. The first-order valence-electron chi connectivity index (χ1n) is 7.15. The zero-order valence-electron chi connectivity index (χ0n) is 12.1. The molecule has 1 saturated heterocycles. The first-order valence-corrected chi connectivity index (χ1v) is 7.15. The Morgan fingerprint density at radius 2 is 2.15 bits per heavy atom. The minimum atomic E-state index is 0.606. The van der Waals surface area contributed by atoms with Crippen molar-refractivity contribution in [3.05, 3.63) is 41.8 Å². The van der Waals surface area contributed by atoms with Gasteiger partial charge in [-0.3, -0.25) is 4.90 Å². The highest BCUT2D eigenvalue weighted by atomic mass is 16.3. The van der Waals surface area contributed by atoms with E-state index < -0.39 is 0 Å². The standard InChI is InChI=1S/C16H21N3O/c1-12-3-5-13(6-4-12)16-18-14(11-20-16)10-19(2)15-7-8-17-9-15/h3-6,11,15,17H,7-10H2,1-2H3. The Kier molecular flexibility index (Phi) is 3.85. The van der Waals surface area contributed by atoms with Gasteiger partial charge < -0.3 is 9.73 Å². The van der Waals surface area contributed by atoms with Gasteiger partial charge in [0.1, 0.15) is 6.26 Å². The average molecular weight is 271 g/mol. The van der Waals surface area contributed by atoms with E-state index in [1.165, 1.54) is 12.0 Å². The van der Waals surface area contributed by atoms with Crippen molar-refractivity contribution < 1.29 is 4.42 Å². The molecule has 0 spiro atoms. The SMILES string of the molecule is Cc1ccc(-c2nc(CN(C)C3CCNC3)co2)cc1. The van der Waals surface area contributed by atoms with E-state index in [1.54, 1.807) is 6.26 Å². The topological polar surface area (TPSA) is 41.3 Å². The van der Waals surface area contributed by atoms with Gasteiger partial charge in [0.15, 0.2) is 0 Å². The number of rotatable bonds is 4. The molecule has 1 aliphatic rings. The number of benzene rings is 1. The van der Waals surface area contributed by atoms with E-state index in [2.05, 4.69) is 53.4 Å². The zero-order valence-corrected chi connectivity index (χ0v) is 12.1. The molecule has 0 amide bonds. The van der Waals surface area contributed by atoms with E-state index in [4.69, 9.17) is 4.42 Å². The molecule has 0 saturated carbocycles. The van der Waals surface area contributed by atoms with Crippen molar-refractivity contribution in [2.75, 3.05) is 20.1 Å². The highest BCUT2D eigenvalue weighted by Gasteiger charge is 2.20. The van der Waals surface area contributed by atoms with Crippen LogP contribution in [0.15, 0.2) is 34.9 Å². The van der Waals surface area contributed by atoms with Crippen molar-refractivity contribution >= 4 is 0 Å². The molecule has 1 N–H and O–H groups in total. The van der Waals surface area contributed by atoms with Gasteiger partial charge in [0, 0.05) is 24.7 Å². The molecular weight excluding hydrogens is 250 g/mol. The zero-order chi connectivity index (χ0) is 13.9. The monoisotopic (exact) mass is 271 g/mol. The summed E-state index contributed by atoms with van der Waals surface area (Å²) in [7, 11) is 2.15. The van der Waals surface area contributed by atoms with E-state index >= 15 is 0 Å². The van der Waals surface area contributed by atoms with Crippen LogP contribution in [0.25, 0.3) is 11.5 Å². The minimum Gasteiger partial charge on any atom is -0.444 e. The van der Waals surface area contributed by atoms with Crippen molar-refractivity contribution in [2.24, 2.45) is 0 Å². The molecule has 1 aromatic heterocycles. The third-order valence-electron chi connectivity index (χ3n) is 3.92. The first kappa shape index (κ1) is 13.3. The largest absolute Gasteiger partial charge is 0.444 e. The van der Waals surface area contributed by atoms with Crippen LogP contribution in [0.1, 0.15) is 17.7 Å². The van der Waals surface area contributed by atoms with E-state index in [0.717, 1.165) is 30.9 Å². The summed E-state index contributed by atoms with van der Waals surface area (Å²) in [5, 5.41) is 3.39. The summed E-state index contributed by atoms with van der Waals surface area (Å²) in [5.74, 6) is 0.706. The number of nitrogens with zero attached hydrogens (tertiary/aromatic N) is 2. The molecule has 1 atom stereocenters. The minimum absolute atomic E-state index is 0.606. The molecule has 1 aromatic carbocycles. The molecule has 20 heavy (non-hydrogen) atoms. The fourth-order valence-corrected chi connectivity index (χ4v) is 2.61. The van der Waals surface area contributed by atoms with Gasteiger partial charge in [0.05, 0.1) is 5.69 Å². The molecule has 1 aliphatic heterocycles. The highest BCUT2D eigenvalue weighted by Crippen LogP contribution is 2.20. The second-order valence-electron chi connectivity index (χ2n) is 5.57. The number of nitrogens with one attached hydrogen (secondary N) is 1. The van der Waals surface area contributed by atoms with Gasteiger partial charge in [-0.15, -0.1) is 0 Å². The van der Waals surface area contributed by atoms with Gasteiger partial charge in [-0.05, 0) is 39.1 Å². The summed E-state index contributed by atoms with van der Waals surface area (Å²) in [6, 6.07) is 8.87. The van der Waals surface area contributed by atoms with E-state index in [1.807, 2.05) is 0 Å². The Morgan fingerprint density at radius 3 is 2.85 bits per heavy atom. The van der Waals surface area contributed by atoms with Crippen LogP contribution in [0.3, 0.4) is 0 Å². The maximum Gasteiger partial charge on any atom is 0.226 e. The lowest BCUT2D eigenvalue weighted by Crippen LogP contribution is -2.32.